The van der Waals surface area contributed by atoms with Gasteiger partial charge in [0.1, 0.15) is 0 Å². The Morgan fingerprint density at radius 3 is 2.40 bits per heavy atom. The fraction of sp³-hybridized carbons (Fsp3) is 1.00. The molecule has 0 saturated heterocycles. The summed E-state index contributed by atoms with van der Waals surface area (Å²) >= 11 is 0. The molecule has 2 nitrogen and oxygen atoms in total. The molecule has 0 amide bonds. The van der Waals surface area contributed by atoms with Crippen molar-refractivity contribution in [3.63, 3.8) is 0 Å². The van der Waals surface area contributed by atoms with Gasteiger partial charge in [-0.25, -0.2) is 0 Å². The van der Waals surface area contributed by atoms with Crippen LogP contribution in [-0.4, -0.2) is 24.3 Å². The predicted octanol–water partition coefficient (Wildman–Crippen LogP) is 1.15. The molecule has 0 fully saturated rings. The summed E-state index contributed by atoms with van der Waals surface area (Å²) in [5.41, 5.74) is -0.0595. The molecule has 0 aromatic rings. The lowest BCUT2D eigenvalue weighted by atomic mass is 9.96. The van der Waals surface area contributed by atoms with Crippen LogP contribution in [0.1, 0.15) is 33.1 Å². The van der Waals surface area contributed by atoms with Crippen LogP contribution in [0.25, 0.3) is 0 Å². The van der Waals surface area contributed by atoms with E-state index >= 15 is 0 Å². The summed E-state index contributed by atoms with van der Waals surface area (Å²) in [6.45, 7) is 4.43. The monoisotopic (exact) mass is 145 g/mol. The molecule has 1 atom stereocenters. The van der Waals surface area contributed by atoms with E-state index < -0.39 is 0 Å². The maximum Gasteiger partial charge on any atom is 0.0610 e. The molecule has 0 saturated carbocycles. The molecule has 10 heavy (non-hydrogen) atoms. The lowest BCUT2D eigenvalue weighted by molar-refractivity contribution is 0.171. The van der Waals surface area contributed by atoms with E-state index in [-0.39, 0.29) is 12.1 Å². The summed E-state index contributed by atoms with van der Waals surface area (Å²) in [4.78, 5) is 0. The van der Waals surface area contributed by atoms with E-state index in [1.807, 2.05) is 14.0 Å². The molecular weight excluding hydrogens is 126 g/mol. The van der Waals surface area contributed by atoms with Gasteiger partial charge in [0.2, 0.25) is 0 Å². The van der Waals surface area contributed by atoms with Crippen molar-refractivity contribution in [3.8, 4) is 0 Å². The van der Waals surface area contributed by atoms with Crippen LogP contribution in [0.2, 0.25) is 0 Å². The zero-order chi connectivity index (χ0) is 8.04. The van der Waals surface area contributed by atoms with Crippen LogP contribution in [0.3, 0.4) is 0 Å². The number of nitrogens with one attached hydrogen (secondary N) is 1. The van der Waals surface area contributed by atoms with Crippen LogP contribution in [-0.2, 0) is 0 Å². The summed E-state index contributed by atoms with van der Waals surface area (Å²) in [6, 6.07) is 0. The average Bonchev–Trinajstić information content (AvgIpc) is 2.00. The molecular formula is C8H19NO. The summed E-state index contributed by atoms with van der Waals surface area (Å²) in [5, 5.41) is 12.1. The molecule has 2 heteroatoms. The largest absolute Gasteiger partial charge is 0.394 e. The SMILES string of the molecule is CCCCC(C)(CO)NC. The zero-order valence-electron chi connectivity index (χ0n) is 7.28. The second-order valence-corrected chi connectivity index (χ2v) is 3.07. The van der Waals surface area contributed by atoms with E-state index in [2.05, 4.69) is 12.2 Å². The van der Waals surface area contributed by atoms with E-state index in [1.54, 1.807) is 0 Å². The molecule has 0 heterocycles. The Morgan fingerprint density at radius 1 is 1.50 bits per heavy atom. The number of hydrogen-bond donors (Lipinski definition) is 2. The highest BCUT2D eigenvalue weighted by molar-refractivity contribution is 4.79. The van der Waals surface area contributed by atoms with E-state index in [0.717, 1.165) is 6.42 Å². The second kappa shape index (κ2) is 4.69. The minimum absolute atomic E-state index is 0.0595. The summed E-state index contributed by atoms with van der Waals surface area (Å²) in [6.07, 6.45) is 3.42. The third kappa shape index (κ3) is 3.18. The standard InChI is InChI=1S/C8H19NO/c1-4-5-6-8(2,7-10)9-3/h9-10H,4-7H2,1-3H3. The molecule has 0 aliphatic rings. The van der Waals surface area contributed by atoms with Gasteiger partial charge in [-0.15, -0.1) is 0 Å². The van der Waals surface area contributed by atoms with Gasteiger partial charge in [-0.05, 0) is 20.4 Å². The Kier molecular flexibility index (Phi) is 4.65. The normalized spacial score (nSPS) is 16.8. The minimum Gasteiger partial charge on any atom is -0.394 e. The number of rotatable bonds is 5. The number of likely N-dealkylation sites (N-methyl/N-ethyl adjacent to an activating group) is 1. The van der Waals surface area contributed by atoms with Gasteiger partial charge < -0.3 is 10.4 Å². The van der Waals surface area contributed by atoms with Crippen LogP contribution in [0.4, 0.5) is 0 Å². The number of aliphatic hydroxyl groups is 1. The van der Waals surface area contributed by atoms with Crippen molar-refractivity contribution in [2.45, 2.75) is 38.6 Å². The molecule has 2 N–H and O–H groups in total. The highest BCUT2D eigenvalue weighted by Crippen LogP contribution is 2.11. The Balaban J connectivity index is 3.58. The molecule has 62 valence electrons. The van der Waals surface area contributed by atoms with E-state index in [4.69, 9.17) is 5.11 Å². The number of unbranched alkanes of at least 4 members (excludes halogenated alkanes) is 1. The molecule has 0 radical (unpaired) electrons. The van der Waals surface area contributed by atoms with Crippen molar-refractivity contribution in [3.05, 3.63) is 0 Å². The Hall–Kier alpha value is -0.0800. The van der Waals surface area contributed by atoms with Crippen molar-refractivity contribution < 1.29 is 5.11 Å². The van der Waals surface area contributed by atoms with Gasteiger partial charge >= 0.3 is 0 Å². The molecule has 0 bridgehead atoms. The number of hydrogen-bond acceptors (Lipinski definition) is 2. The van der Waals surface area contributed by atoms with E-state index in [1.165, 1.54) is 12.8 Å². The Morgan fingerprint density at radius 2 is 2.10 bits per heavy atom. The Labute approximate surface area is 63.6 Å². The van der Waals surface area contributed by atoms with Crippen LogP contribution in [0, 0.1) is 0 Å². The second-order valence-electron chi connectivity index (χ2n) is 3.07. The third-order valence-corrected chi connectivity index (χ3v) is 2.03. The highest BCUT2D eigenvalue weighted by atomic mass is 16.3. The molecule has 0 rings (SSSR count). The van der Waals surface area contributed by atoms with Crippen LogP contribution in [0.15, 0.2) is 0 Å². The Bertz CT molecular complexity index is 79.3. The van der Waals surface area contributed by atoms with Crippen molar-refractivity contribution in [2.75, 3.05) is 13.7 Å². The van der Waals surface area contributed by atoms with Gasteiger partial charge in [-0.3, -0.25) is 0 Å². The van der Waals surface area contributed by atoms with Crippen molar-refractivity contribution >= 4 is 0 Å². The van der Waals surface area contributed by atoms with Crippen LogP contribution >= 0.6 is 0 Å². The van der Waals surface area contributed by atoms with Gasteiger partial charge in [0, 0.05) is 5.54 Å². The van der Waals surface area contributed by atoms with Gasteiger partial charge in [0.25, 0.3) is 0 Å². The number of aliphatic hydroxyl groups excluding tert-OH is 1. The predicted molar refractivity (Wildman–Crippen MR) is 44.1 cm³/mol. The first-order valence-corrected chi connectivity index (χ1v) is 3.98. The van der Waals surface area contributed by atoms with Gasteiger partial charge in [0.15, 0.2) is 0 Å². The first kappa shape index (κ1) is 9.92. The quantitative estimate of drug-likeness (QED) is 0.608. The first-order valence-electron chi connectivity index (χ1n) is 3.98. The lowest BCUT2D eigenvalue weighted by Crippen LogP contribution is -2.43. The van der Waals surface area contributed by atoms with Crippen molar-refractivity contribution in [1.82, 2.24) is 5.32 Å². The fourth-order valence-corrected chi connectivity index (χ4v) is 0.850. The average molecular weight is 145 g/mol. The van der Waals surface area contributed by atoms with Gasteiger partial charge in [-0.2, -0.15) is 0 Å². The third-order valence-electron chi connectivity index (χ3n) is 2.03. The van der Waals surface area contributed by atoms with Gasteiger partial charge in [0.05, 0.1) is 6.61 Å². The summed E-state index contributed by atoms with van der Waals surface area (Å²) in [5.74, 6) is 0. The minimum atomic E-state index is -0.0595. The van der Waals surface area contributed by atoms with Gasteiger partial charge in [-0.1, -0.05) is 19.8 Å². The smallest absolute Gasteiger partial charge is 0.0610 e. The fourth-order valence-electron chi connectivity index (χ4n) is 0.850. The molecule has 0 aliphatic heterocycles. The molecule has 0 aliphatic carbocycles. The van der Waals surface area contributed by atoms with E-state index in [9.17, 15) is 0 Å². The van der Waals surface area contributed by atoms with E-state index in [0.29, 0.717) is 0 Å². The maximum atomic E-state index is 8.95. The van der Waals surface area contributed by atoms with Crippen molar-refractivity contribution in [2.24, 2.45) is 0 Å². The topological polar surface area (TPSA) is 32.3 Å². The molecule has 0 aromatic carbocycles. The zero-order valence-corrected chi connectivity index (χ0v) is 7.28. The lowest BCUT2D eigenvalue weighted by Gasteiger charge is -2.26. The first-order chi connectivity index (χ1) is 4.68. The molecule has 1 unspecified atom stereocenters. The van der Waals surface area contributed by atoms with Crippen LogP contribution < -0.4 is 5.32 Å². The molecule has 0 spiro atoms. The molecule has 0 aromatic heterocycles. The van der Waals surface area contributed by atoms with Crippen molar-refractivity contribution in [1.29, 1.82) is 0 Å². The highest BCUT2D eigenvalue weighted by Gasteiger charge is 2.18. The summed E-state index contributed by atoms with van der Waals surface area (Å²) in [7, 11) is 1.89. The summed E-state index contributed by atoms with van der Waals surface area (Å²) < 4.78 is 0. The maximum absolute atomic E-state index is 8.95. The van der Waals surface area contributed by atoms with Crippen LogP contribution in [0.5, 0.6) is 0 Å².